The highest BCUT2D eigenvalue weighted by atomic mass is 28.4. The molecule has 0 heterocycles. The minimum absolute atomic E-state index is 0.115. The van der Waals surface area contributed by atoms with Crippen LogP contribution in [0.4, 0.5) is 0 Å². The Labute approximate surface area is 225 Å². The van der Waals surface area contributed by atoms with Crippen molar-refractivity contribution in [3.05, 3.63) is 29.8 Å². The molecule has 2 N–H and O–H groups in total. The molecule has 1 aromatic carbocycles. The quantitative estimate of drug-likeness (QED) is 0.184. The first kappa shape index (κ1) is 33.1. The molecule has 1 rings (SSSR count). The third kappa shape index (κ3) is 12.0. The van der Waals surface area contributed by atoms with E-state index in [4.69, 9.17) is 24.4 Å². The molecular formula is C28H50N2O6Si. The molecule has 37 heavy (non-hydrogen) atoms. The second-order valence-electron chi connectivity index (χ2n) is 11.3. The summed E-state index contributed by atoms with van der Waals surface area (Å²) in [5, 5.41) is 0.115. The van der Waals surface area contributed by atoms with E-state index in [9.17, 15) is 9.59 Å². The molecule has 1 aromatic rings. The van der Waals surface area contributed by atoms with Gasteiger partial charge in [0.05, 0.1) is 25.6 Å². The molecule has 0 aliphatic rings. The Hall–Kier alpha value is -1.94. The lowest BCUT2D eigenvalue weighted by atomic mass is 10.1. The lowest BCUT2D eigenvalue weighted by Gasteiger charge is -2.36. The van der Waals surface area contributed by atoms with Gasteiger partial charge in [-0.3, -0.25) is 9.59 Å². The number of rotatable bonds is 16. The van der Waals surface area contributed by atoms with Crippen LogP contribution in [0.3, 0.4) is 0 Å². The van der Waals surface area contributed by atoms with Crippen LogP contribution in [0, 0.1) is 5.92 Å². The number of hydrogen-bond acceptors (Lipinski definition) is 7. The lowest BCUT2D eigenvalue weighted by Crippen LogP contribution is -2.49. The van der Waals surface area contributed by atoms with E-state index in [1.165, 1.54) is 0 Å². The van der Waals surface area contributed by atoms with Crippen molar-refractivity contribution >= 4 is 20.2 Å². The Kier molecular flexibility index (Phi) is 13.8. The van der Waals surface area contributed by atoms with E-state index in [1.54, 1.807) is 4.90 Å². The van der Waals surface area contributed by atoms with Crippen molar-refractivity contribution in [2.45, 2.75) is 91.8 Å². The van der Waals surface area contributed by atoms with Crippen LogP contribution < -0.4 is 10.2 Å². The topological polar surface area (TPSA) is 100 Å². The number of ether oxygens (including phenoxy) is 3. The van der Waals surface area contributed by atoms with E-state index in [0.29, 0.717) is 32.8 Å². The van der Waals surface area contributed by atoms with Crippen LogP contribution in [0.25, 0.3) is 0 Å². The minimum Gasteiger partial charge on any atom is -0.544 e. The highest BCUT2D eigenvalue weighted by Crippen LogP contribution is 2.37. The van der Waals surface area contributed by atoms with Gasteiger partial charge in [-0.25, -0.2) is 0 Å². The van der Waals surface area contributed by atoms with Gasteiger partial charge in [0.15, 0.2) is 6.29 Å². The highest BCUT2D eigenvalue weighted by molar-refractivity contribution is 6.74. The molecule has 0 bridgehead atoms. The Balaban J connectivity index is 2.92. The van der Waals surface area contributed by atoms with Crippen molar-refractivity contribution < 1.29 is 28.2 Å². The zero-order valence-corrected chi connectivity index (χ0v) is 25.5. The molecule has 0 aliphatic heterocycles. The standard InChI is InChI=1S/C28H50N2O6Si/c1-10-33-26(34-11-2)19-30(27(32)24(29)18-25(31)35-20-21(3)4)17-16-22-12-14-23(15-13-22)36-37(8,9)28(5,6)7/h12-15,21,24,26H,10-11,16-20,29H2,1-9H3/t24-/m0/s1. The monoisotopic (exact) mass is 538 g/mol. The van der Waals surface area contributed by atoms with Gasteiger partial charge in [0, 0.05) is 19.8 Å². The number of carbonyl (C=O) groups excluding carboxylic acids is 2. The lowest BCUT2D eigenvalue weighted by molar-refractivity contribution is -0.160. The van der Waals surface area contributed by atoms with Gasteiger partial charge in [-0.1, -0.05) is 46.8 Å². The molecule has 0 saturated heterocycles. The third-order valence-electron chi connectivity index (χ3n) is 6.44. The Morgan fingerprint density at radius 1 is 1.03 bits per heavy atom. The predicted molar refractivity (Wildman–Crippen MR) is 150 cm³/mol. The van der Waals surface area contributed by atoms with Crippen molar-refractivity contribution in [2.75, 3.05) is 32.9 Å². The van der Waals surface area contributed by atoms with E-state index < -0.39 is 26.6 Å². The van der Waals surface area contributed by atoms with E-state index >= 15 is 0 Å². The van der Waals surface area contributed by atoms with Crippen molar-refractivity contribution in [1.82, 2.24) is 4.90 Å². The summed E-state index contributed by atoms with van der Waals surface area (Å²) in [6, 6.07) is 7.03. The molecular weight excluding hydrogens is 488 g/mol. The Morgan fingerprint density at radius 2 is 1.59 bits per heavy atom. The molecule has 0 unspecified atom stereocenters. The summed E-state index contributed by atoms with van der Waals surface area (Å²) in [7, 11) is -1.92. The molecule has 0 aromatic heterocycles. The number of nitrogens with zero attached hydrogens (tertiary/aromatic N) is 1. The molecule has 0 fully saturated rings. The molecule has 0 radical (unpaired) electrons. The van der Waals surface area contributed by atoms with Gasteiger partial charge < -0.3 is 29.3 Å². The van der Waals surface area contributed by atoms with Gasteiger partial charge >= 0.3 is 5.97 Å². The smallest absolute Gasteiger partial charge is 0.307 e. The highest BCUT2D eigenvalue weighted by Gasteiger charge is 2.39. The van der Waals surface area contributed by atoms with E-state index in [2.05, 4.69) is 33.9 Å². The molecule has 8 nitrogen and oxygen atoms in total. The van der Waals surface area contributed by atoms with Crippen molar-refractivity contribution in [3.8, 4) is 5.75 Å². The number of amides is 1. The van der Waals surface area contributed by atoms with Gasteiger partial charge in [0.25, 0.3) is 0 Å². The molecule has 212 valence electrons. The maximum Gasteiger partial charge on any atom is 0.307 e. The fraction of sp³-hybridized carbons (Fsp3) is 0.714. The van der Waals surface area contributed by atoms with Crippen molar-refractivity contribution in [1.29, 1.82) is 0 Å². The Bertz CT molecular complexity index is 817. The second kappa shape index (κ2) is 15.5. The number of carbonyl (C=O) groups is 2. The maximum absolute atomic E-state index is 13.3. The van der Waals surface area contributed by atoms with Crippen LogP contribution in [0.5, 0.6) is 5.75 Å². The normalized spacial score (nSPS) is 13.1. The average Bonchev–Trinajstić information content (AvgIpc) is 2.80. The first-order valence-corrected chi connectivity index (χ1v) is 16.3. The number of esters is 1. The summed E-state index contributed by atoms with van der Waals surface area (Å²) < 4.78 is 22.9. The van der Waals surface area contributed by atoms with E-state index in [0.717, 1.165) is 11.3 Å². The largest absolute Gasteiger partial charge is 0.544 e. The van der Waals surface area contributed by atoms with Crippen molar-refractivity contribution in [3.63, 3.8) is 0 Å². The first-order chi connectivity index (χ1) is 17.2. The van der Waals surface area contributed by atoms with Crippen LogP contribution in [-0.2, 0) is 30.2 Å². The van der Waals surface area contributed by atoms with Crippen molar-refractivity contribution in [2.24, 2.45) is 11.7 Å². The van der Waals surface area contributed by atoms with E-state index in [-0.39, 0.29) is 29.8 Å². The van der Waals surface area contributed by atoms with Gasteiger partial charge in [0.2, 0.25) is 14.2 Å². The first-order valence-electron chi connectivity index (χ1n) is 13.4. The van der Waals surface area contributed by atoms with Crippen LogP contribution >= 0.6 is 0 Å². The predicted octanol–water partition coefficient (Wildman–Crippen LogP) is 4.76. The zero-order valence-electron chi connectivity index (χ0n) is 24.5. The van der Waals surface area contributed by atoms with Crippen LogP contribution in [-0.4, -0.2) is 70.3 Å². The number of nitrogens with two attached hydrogens (primary N) is 1. The summed E-state index contributed by atoms with van der Waals surface area (Å²) >= 11 is 0. The molecule has 9 heteroatoms. The molecule has 0 saturated carbocycles. The zero-order chi connectivity index (χ0) is 28.2. The van der Waals surface area contributed by atoms with Gasteiger partial charge in [-0.2, -0.15) is 0 Å². The van der Waals surface area contributed by atoms with Gasteiger partial charge in [-0.05, 0) is 62.0 Å². The molecule has 1 amide bonds. The van der Waals surface area contributed by atoms with Gasteiger partial charge in [0.1, 0.15) is 5.75 Å². The van der Waals surface area contributed by atoms with Gasteiger partial charge in [-0.15, -0.1) is 0 Å². The summed E-state index contributed by atoms with van der Waals surface area (Å²) in [6.45, 7) is 20.6. The molecule has 1 atom stereocenters. The number of hydrogen-bond donors (Lipinski definition) is 1. The fourth-order valence-electron chi connectivity index (χ4n) is 3.25. The average molecular weight is 539 g/mol. The summed E-state index contributed by atoms with van der Waals surface area (Å²) in [5.41, 5.74) is 7.21. The van der Waals surface area contributed by atoms with Crippen LogP contribution in [0.2, 0.25) is 18.1 Å². The summed E-state index contributed by atoms with van der Waals surface area (Å²) in [6.07, 6.45) is -0.128. The summed E-state index contributed by atoms with van der Waals surface area (Å²) in [5.74, 6) is 0.268. The SMILES string of the molecule is CCOC(CN(CCc1ccc(O[Si](C)(C)C(C)(C)C)cc1)C(=O)[C@@H](N)CC(=O)OCC(C)C)OCC. The molecule has 0 spiro atoms. The summed E-state index contributed by atoms with van der Waals surface area (Å²) in [4.78, 5) is 27.0. The minimum atomic E-state index is -1.92. The number of benzene rings is 1. The van der Waals surface area contributed by atoms with Crippen LogP contribution in [0.1, 0.15) is 60.5 Å². The molecule has 0 aliphatic carbocycles. The third-order valence-corrected chi connectivity index (χ3v) is 10.8. The maximum atomic E-state index is 13.3. The second-order valence-corrected chi connectivity index (χ2v) is 16.0. The Morgan fingerprint density at radius 3 is 2.08 bits per heavy atom. The van der Waals surface area contributed by atoms with E-state index in [1.807, 2.05) is 52.0 Å². The van der Waals surface area contributed by atoms with Crippen LogP contribution in [0.15, 0.2) is 24.3 Å². The fourth-order valence-corrected chi connectivity index (χ4v) is 4.28.